The summed E-state index contributed by atoms with van der Waals surface area (Å²) in [5, 5.41) is 0. The van der Waals surface area contributed by atoms with Crippen LogP contribution in [-0.2, 0) is 0 Å². The maximum absolute atomic E-state index is 12.3. The van der Waals surface area contributed by atoms with Gasteiger partial charge >= 0.3 is 0 Å². The number of furan rings is 1. The Balaban J connectivity index is 0.00000162. The van der Waals surface area contributed by atoms with Crippen LogP contribution in [-0.4, -0.2) is 30.4 Å². The lowest BCUT2D eigenvalue weighted by molar-refractivity contribution is 0.0743. The first-order valence-electron chi connectivity index (χ1n) is 6.01. The van der Waals surface area contributed by atoms with Gasteiger partial charge in [0, 0.05) is 18.7 Å². The molecule has 0 bridgehead atoms. The van der Waals surface area contributed by atoms with Crippen molar-refractivity contribution < 1.29 is 9.21 Å². The van der Waals surface area contributed by atoms with Gasteiger partial charge < -0.3 is 15.1 Å². The van der Waals surface area contributed by atoms with Crippen LogP contribution >= 0.6 is 12.4 Å². The number of likely N-dealkylation sites (tertiary alicyclic amines) is 1. The summed E-state index contributed by atoms with van der Waals surface area (Å²) in [5.41, 5.74) is 6.71. The van der Waals surface area contributed by atoms with Crippen LogP contribution in [0.25, 0.3) is 0 Å². The highest BCUT2D eigenvalue weighted by Gasteiger charge is 2.36. The topological polar surface area (TPSA) is 59.5 Å². The van der Waals surface area contributed by atoms with E-state index in [9.17, 15) is 4.79 Å². The van der Waals surface area contributed by atoms with Crippen molar-refractivity contribution in [1.82, 2.24) is 4.90 Å². The number of aryl methyl sites for hydroxylation is 2. The second-order valence-corrected chi connectivity index (χ2v) is 5.36. The van der Waals surface area contributed by atoms with Gasteiger partial charge in [-0.05, 0) is 38.3 Å². The quantitative estimate of drug-likeness (QED) is 0.897. The molecule has 0 saturated carbocycles. The molecule has 1 aromatic rings. The van der Waals surface area contributed by atoms with Gasteiger partial charge in [0.15, 0.2) is 5.76 Å². The summed E-state index contributed by atoms with van der Waals surface area (Å²) >= 11 is 0. The highest BCUT2D eigenvalue weighted by Crippen LogP contribution is 2.30. The Bertz CT molecular complexity index is 444. The second-order valence-electron chi connectivity index (χ2n) is 5.36. The van der Waals surface area contributed by atoms with E-state index in [1.165, 1.54) is 0 Å². The Hall–Kier alpha value is -1.00. The molecule has 1 unspecified atom stereocenters. The molecular formula is C13H21ClN2O2. The first-order chi connectivity index (χ1) is 7.95. The van der Waals surface area contributed by atoms with Gasteiger partial charge in [-0.3, -0.25) is 4.79 Å². The zero-order valence-corrected chi connectivity index (χ0v) is 12.0. The maximum atomic E-state index is 12.3. The lowest BCUT2D eigenvalue weighted by Gasteiger charge is -2.22. The molecule has 2 N–H and O–H groups in total. The standard InChI is InChI=1S/C13H20N2O2.ClH/c1-9-6-10(2)17-11(9)12(16)15-5-4-13(3,7-14)8-15;/h6H,4-5,7-8,14H2,1-3H3;1H. The van der Waals surface area contributed by atoms with Crippen molar-refractivity contribution in [2.24, 2.45) is 11.1 Å². The van der Waals surface area contributed by atoms with Gasteiger partial charge in [-0.2, -0.15) is 0 Å². The Morgan fingerprint density at radius 3 is 2.67 bits per heavy atom. The van der Waals surface area contributed by atoms with Gasteiger partial charge in [0.25, 0.3) is 5.91 Å². The van der Waals surface area contributed by atoms with Gasteiger partial charge in [0.2, 0.25) is 0 Å². The lowest BCUT2D eigenvalue weighted by Crippen LogP contribution is -2.34. The fourth-order valence-corrected chi connectivity index (χ4v) is 2.36. The zero-order chi connectivity index (χ0) is 12.6. The number of hydrogen-bond acceptors (Lipinski definition) is 3. The fourth-order valence-electron chi connectivity index (χ4n) is 2.36. The van der Waals surface area contributed by atoms with E-state index in [2.05, 4.69) is 6.92 Å². The highest BCUT2D eigenvalue weighted by molar-refractivity contribution is 5.93. The molecule has 0 aromatic carbocycles. The lowest BCUT2D eigenvalue weighted by atomic mass is 9.90. The molecule has 1 aliphatic heterocycles. The van der Waals surface area contributed by atoms with E-state index in [0.717, 1.165) is 30.8 Å². The summed E-state index contributed by atoms with van der Waals surface area (Å²) in [6, 6.07) is 1.89. The van der Waals surface area contributed by atoms with Crippen LogP contribution in [0.4, 0.5) is 0 Å². The number of hydrogen-bond donors (Lipinski definition) is 1. The van der Waals surface area contributed by atoms with Crippen molar-refractivity contribution in [3.8, 4) is 0 Å². The Morgan fingerprint density at radius 1 is 1.56 bits per heavy atom. The summed E-state index contributed by atoms with van der Waals surface area (Å²) in [5.74, 6) is 1.25. The maximum Gasteiger partial charge on any atom is 0.289 e. The van der Waals surface area contributed by atoms with Crippen LogP contribution < -0.4 is 5.73 Å². The fraction of sp³-hybridized carbons (Fsp3) is 0.615. The minimum Gasteiger partial charge on any atom is -0.456 e. The molecule has 1 aliphatic rings. The van der Waals surface area contributed by atoms with E-state index in [1.807, 2.05) is 24.8 Å². The van der Waals surface area contributed by atoms with E-state index >= 15 is 0 Å². The van der Waals surface area contributed by atoms with Crippen molar-refractivity contribution in [3.05, 3.63) is 23.2 Å². The normalized spacial score (nSPS) is 23.0. The van der Waals surface area contributed by atoms with E-state index in [-0.39, 0.29) is 23.7 Å². The van der Waals surface area contributed by atoms with Crippen molar-refractivity contribution in [2.45, 2.75) is 27.2 Å². The summed E-state index contributed by atoms with van der Waals surface area (Å²) in [7, 11) is 0. The number of carbonyl (C=O) groups is 1. The number of nitrogens with zero attached hydrogens (tertiary/aromatic N) is 1. The van der Waals surface area contributed by atoms with Crippen LogP contribution in [0.1, 0.15) is 35.2 Å². The molecule has 1 amide bonds. The Labute approximate surface area is 114 Å². The third-order valence-corrected chi connectivity index (χ3v) is 3.57. The minimum absolute atomic E-state index is 0. The molecule has 5 heteroatoms. The molecule has 1 saturated heterocycles. The average molecular weight is 273 g/mol. The largest absolute Gasteiger partial charge is 0.456 e. The van der Waals surface area contributed by atoms with Crippen molar-refractivity contribution >= 4 is 18.3 Å². The average Bonchev–Trinajstić information content (AvgIpc) is 2.82. The molecule has 2 heterocycles. The summed E-state index contributed by atoms with van der Waals surface area (Å²) in [6.07, 6.45) is 0.966. The number of carbonyl (C=O) groups excluding carboxylic acids is 1. The predicted octanol–water partition coefficient (Wildman–Crippen LogP) is 2.13. The first-order valence-corrected chi connectivity index (χ1v) is 6.01. The van der Waals surface area contributed by atoms with Gasteiger partial charge in [-0.25, -0.2) is 0 Å². The number of rotatable bonds is 2. The molecule has 4 nitrogen and oxygen atoms in total. The molecule has 0 aliphatic carbocycles. The molecule has 1 atom stereocenters. The Kier molecular flexibility index (Phi) is 4.46. The number of halogens is 1. The third-order valence-electron chi connectivity index (χ3n) is 3.57. The minimum atomic E-state index is -0.00669. The monoisotopic (exact) mass is 272 g/mol. The number of nitrogens with two attached hydrogens (primary N) is 1. The predicted molar refractivity (Wildman–Crippen MR) is 73.1 cm³/mol. The van der Waals surface area contributed by atoms with Crippen LogP contribution in [0.15, 0.2) is 10.5 Å². The van der Waals surface area contributed by atoms with Gasteiger partial charge in [-0.15, -0.1) is 12.4 Å². The van der Waals surface area contributed by atoms with Crippen LogP contribution in [0.2, 0.25) is 0 Å². The SMILES string of the molecule is Cc1cc(C)c(C(=O)N2CCC(C)(CN)C2)o1.Cl. The van der Waals surface area contributed by atoms with Crippen LogP contribution in [0.3, 0.4) is 0 Å². The van der Waals surface area contributed by atoms with Gasteiger partial charge in [0.05, 0.1) is 0 Å². The van der Waals surface area contributed by atoms with Crippen molar-refractivity contribution in [1.29, 1.82) is 0 Å². The molecule has 18 heavy (non-hydrogen) atoms. The van der Waals surface area contributed by atoms with Crippen molar-refractivity contribution in [3.63, 3.8) is 0 Å². The molecule has 0 spiro atoms. The molecule has 0 radical (unpaired) electrons. The molecule has 2 rings (SSSR count). The molecule has 1 aromatic heterocycles. The molecular weight excluding hydrogens is 252 g/mol. The smallest absolute Gasteiger partial charge is 0.289 e. The van der Waals surface area contributed by atoms with E-state index < -0.39 is 0 Å². The zero-order valence-electron chi connectivity index (χ0n) is 11.2. The van der Waals surface area contributed by atoms with E-state index in [1.54, 1.807) is 0 Å². The van der Waals surface area contributed by atoms with E-state index in [4.69, 9.17) is 10.2 Å². The molecule has 1 fully saturated rings. The second kappa shape index (κ2) is 5.33. The van der Waals surface area contributed by atoms with Crippen molar-refractivity contribution in [2.75, 3.05) is 19.6 Å². The highest BCUT2D eigenvalue weighted by atomic mass is 35.5. The van der Waals surface area contributed by atoms with Crippen LogP contribution in [0, 0.1) is 19.3 Å². The Morgan fingerprint density at radius 2 is 2.22 bits per heavy atom. The van der Waals surface area contributed by atoms with Gasteiger partial charge in [0.1, 0.15) is 5.76 Å². The van der Waals surface area contributed by atoms with Crippen LogP contribution in [0.5, 0.6) is 0 Å². The summed E-state index contributed by atoms with van der Waals surface area (Å²) < 4.78 is 5.47. The summed E-state index contributed by atoms with van der Waals surface area (Å²) in [4.78, 5) is 14.1. The van der Waals surface area contributed by atoms with E-state index in [0.29, 0.717) is 12.3 Å². The molecule has 102 valence electrons. The third kappa shape index (κ3) is 2.70. The van der Waals surface area contributed by atoms with Gasteiger partial charge in [-0.1, -0.05) is 6.92 Å². The number of amides is 1. The first kappa shape index (κ1) is 15.1. The summed E-state index contributed by atoms with van der Waals surface area (Å²) in [6.45, 7) is 8.00.